The van der Waals surface area contributed by atoms with Gasteiger partial charge in [0.2, 0.25) is 17.7 Å². The second kappa shape index (κ2) is 13.3. The van der Waals surface area contributed by atoms with Crippen molar-refractivity contribution in [3.8, 4) is 0 Å². The van der Waals surface area contributed by atoms with E-state index in [-0.39, 0.29) is 13.0 Å². The number of nitrogens with one attached hydrogen (secondary N) is 4. The summed E-state index contributed by atoms with van der Waals surface area (Å²) < 4.78 is 0. The van der Waals surface area contributed by atoms with Crippen molar-refractivity contribution >= 4 is 41.8 Å². The van der Waals surface area contributed by atoms with E-state index >= 15 is 0 Å². The minimum atomic E-state index is -1.40. The van der Waals surface area contributed by atoms with Crippen molar-refractivity contribution in [3.05, 3.63) is 48.0 Å². The van der Waals surface area contributed by atoms with E-state index in [1.807, 2.05) is 6.07 Å². The van der Waals surface area contributed by atoms with E-state index in [0.29, 0.717) is 11.2 Å². The predicted molar refractivity (Wildman–Crippen MR) is 119 cm³/mol. The molecule has 2 rings (SSSR count). The Morgan fingerprint density at radius 3 is 2.14 bits per heavy atom. The van der Waals surface area contributed by atoms with Crippen molar-refractivity contribution in [1.29, 1.82) is 0 Å². The molecule has 2 unspecified atom stereocenters. The molecule has 0 spiro atoms. The maximum absolute atomic E-state index is 12.5. The van der Waals surface area contributed by atoms with Crippen LogP contribution in [0.1, 0.15) is 5.56 Å². The summed E-state index contributed by atoms with van der Waals surface area (Å²) in [6.07, 6.45) is 2.80. The topological polar surface area (TPSA) is 191 Å². The van der Waals surface area contributed by atoms with Gasteiger partial charge in [-0.15, -0.1) is 0 Å². The molecule has 13 heteroatoms. The van der Waals surface area contributed by atoms with Gasteiger partial charge in [0.25, 0.3) is 11.8 Å². The Bertz CT molecular complexity index is 992. The van der Waals surface area contributed by atoms with Crippen molar-refractivity contribution in [2.24, 2.45) is 0 Å². The molecule has 0 saturated heterocycles. The second-order valence-corrected chi connectivity index (χ2v) is 7.41. The van der Waals surface area contributed by atoms with Crippen LogP contribution in [0.4, 0.5) is 0 Å². The van der Waals surface area contributed by atoms with Crippen LogP contribution in [0.25, 0.3) is 0 Å². The zero-order valence-corrected chi connectivity index (χ0v) is 18.6. The predicted octanol–water partition coefficient (Wildman–Crippen LogP) is -2.89. The van der Waals surface area contributed by atoms with Crippen LogP contribution >= 0.6 is 0 Å². The van der Waals surface area contributed by atoms with Crippen LogP contribution in [0.15, 0.2) is 42.5 Å². The molecule has 13 nitrogen and oxygen atoms in total. The fourth-order valence-corrected chi connectivity index (χ4v) is 3.12. The average Bonchev–Trinajstić information content (AvgIpc) is 3.16. The highest BCUT2D eigenvalue weighted by Crippen LogP contribution is 2.09. The van der Waals surface area contributed by atoms with Crippen molar-refractivity contribution in [2.45, 2.75) is 18.5 Å². The summed E-state index contributed by atoms with van der Waals surface area (Å²) >= 11 is 0. The molecule has 0 fully saturated rings. The number of carboxylic acids is 1. The van der Waals surface area contributed by atoms with Crippen LogP contribution in [0, 0.1) is 0 Å². The highest BCUT2D eigenvalue weighted by atomic mass is 16.4. The fraction of sp³-hybridized carbons (Fsp3) is 0.318. The lowest BCUT2D eigenvalue weighted by molar-refractivity contribution is -0.145. The molecular formula is C22H25N5O8. The number of aldehydes is 1. The van der Waals surface area contributed by atoms with E-state index in [2.05, 4.69) is 21.3 Å². The molecule has 35 heavy (non-hydrogen) atoms. The second-order valence-electron chi connectivity index (χ2n) is 7.41. The lowest BCUT2D eigenvalue weighted by Crippen LogP contribution is -2.55. The number of benzene rings is 1. The monoisotopic (exact) mass is 487 g/mol. The Morgan fingerprint density at radius 1 is 0.914 bits per heavy atom. The summed E-state index contributed by atoms with van der Waals surface area (Å²) in [5.41, 5.74) is 0.842. The van der Waals surface area contributed by atoms with Gasteiger partial charge in [0.15, 0.2) is 0 Å². The number of imide groups is 1. The third-order valence-corrected chi connectivity index (χ3v) is 4.75. The summed E-state index contributed by atoms with van der Waals surface area (Å²) in [6.45, 7) is -1.90. The fourth-order valence-electron chi connectivity index (χ4n) is 3.12. The van der Waals surface area contributed by atoms with Gasteiger partial charge in [-0.05, 0) is 12.0 Å². The van der Waals surface area contributed by atoms with Gasteiger partial charge in [-0.25, -0.2) is 0 Å². The largest absolute Gasteiger partial charge is 0.480 e. The van der Waals surface area contributed by atoms with Crippen molar-refractivity contribution in [3.63, 3.8) is 0 Å². The lowest BCUT2D eigenvalue weighted by Gasteiger charge is -2.25. The van der Waals surface area contributed by atoms with E-state index in [4.69, 9.17) is 5.11 Å². The summed E-state index contributed by atoms with van der Waals surface area (Å²) in [6, 6.07) is 6.84. The van der Waals surface area contributed by atoms with E-state index < -0.39 is 67.2 Å². The van der Waals surface area contributed by atoms with Crippen molar-refractivity contribution in [2.75, 3.05) is 26.2 Å². The van der Waals surface area contributed by atoms with Crippen LogP contribution in [-0.2, 0) is 40.0 Å². The Hall–Kier alpha value is -4.39. The van der Waals surface area contributed by atoms with Gasteiger partial charge in [-0.2, -0.15) is 0 Å². The molecule has 1 aromatic rings. The number of hydrogen-bond donors (Lipinski definition) is 5. The number of aliphatic carboxylic acids is 1. The SMILES string of the molecule is O=CC(Cc1ccccc1)NC(=O)CNC(=O)CNC(=O)C(CNCC(=O)O)N1C(=O)C=CC1=O. The highest BCUT2D eigenvalue weighted by molar-refractivity contribution is 6.15. The summed E-state index contributed by atoms with van der Waals surface area (Å²) in [5.74, 6) is -4.96. The lowest BCUT2D eigenvalue weighted by atomic mass is 10.1. The van der Waals surface area contributed by atoms with Crippen molar-refractivity contribution in [1.82, 2.24) is 26.2 Å². The molecule has 0 radical (unpaired) electrons. The Kier molecular flexibility index (Phi) is 10.2. The number of carbonyl (C=O) groups excluding carboxylic acids is 6. The van der Waals surface area contributed by atoms with E-state index in [0.717, 1.165) is 17.7 Å². The quantitative estimate of drug-likeness (QED) is 0.135. The van der Waals surface area contributed by atoms with Crippen LogP contribution in [0.3, 0.4) is 0 Å². The van der Waals surface area contributed by atoms with Gasteiger partial charge in [0.05, 0.1) is 25.7 Å². The zero-order valence-electron chi connectivity index (χ0n) is 18.6. The molecule has 1 aliphatic heterocycles. The average molecular weight is 487 g/mol. The molecule has 1 aromatic carbocycles. The van der Waals surface area contributed by atoms with Crippen LogP contribution < -0.4 is 21.3 Å². The first kappa shape index (κ1) is 26.9. The molecule has 2 atom stereocenters. The van der Waals surface area contributed by atoms with Crippen LogP contribution in [0.2, 0.25) is 0 Å². The maximum atomic E-state index is 12.5. The molecule has 1 heterocycles. The Balaban J connectivity index is 1.81. The van der Waals surface area contributed by atoms with Gasteiger partial charge < -0.3 is 31.2 Å². The van der Waals surface area contributed by atoms with E-state index in [1.165, 1.54) is 0 Å². The molecule has 1 aliphatic rings. The van der Waals surface area contributed by atoms with Crippen LogP contribution in [0.5, 0.6) is 0 Å². The summed E-state index contributed by atoms with van der Waals surface area (Å²) in [4.78, 5) is 83.0. The van der Waals surface area contributed by atoms with Gasteiger partial charge in [0, 0.05) is 18.7 Å². The van der Waals surface area contributed by atoms with Gasteiger partial charge >= 0.3 is 5.97 Å². The van der Waals surface area contributed by atoms with Gasteiger partial charge in [-0.1, -0.05) is 30.3 Å². The standard InChI is InChI=1S/C22H25N5O8/c28-13-15(8-14-4-2-1-3-5-14)26-18(30)11-24-17(29)10-25-22(35)16(9-23-12-21(33)34)27-19(31)6-7-20(27)32/h1-7,13,15-16,23H,8-12H2,(H,24,29)(H,25,35)(H,26,30)(H,33,34). The van der Waals surface area contributed by atoms with E-state index in [1.54, 1.807) is 24.3 Å². The first-order valence-corrected chi connectivity index (χ1v) is 10.5. The van der Waals surface area contributed by atoms with E-state index in [9.17, 15) is 33.6 Å². The molecule has 0 aliphatic carbocycles. The third kappa shape index (κ3) is 8.81. The molecule has 5 amide bonds. The first-order chi connectivity index (χ1) is 16.7. The normalized spacial score (nSPS) is 14.2. The molecule has 186 valence electrons. The number of carboxylic acid groups (broad SMARTS) is 1. The van der Waals surface area contributed by atoms with Gasteiger partial charge in [0.1, 0.15) is 12.3 Å². The Morgan fingerprint density at radius 2 is 1.54 bits per heavy atom. The summed E-state index contributed by atoms with van der Waals surface area (Å²) in [5, 5.41) is 18.2. The maximum Gasteiger partial charge on any atom is 0.317 e. The molecular weight excluding hydrogens is 462 g/mol. The number of amides is 5. The minimum absolute atomic E-state index is 0.278. The molecule has 0 saturated carbocycles. The highest BCUT2D eigenvalue weighted by Gasteiger charge is 2.35. The smallest absolute Gasteiger partial charge is 0.317 e. The van der Waals surface area contributed by atoms with Crippen LogP contribution in [-0.4, -0.2) is 90.1 Å². The molecule has 0 aromatic heterocycles. The minimum Gasteiger partial charge on any atom is -0.480 e. The first-order valence-electron chi connectivity index (χ1n) is 10.5. The molecule has 0 bridgehead atoms. The number of rotatable bonds is 14. The zero-order chi connectivity index (χ0) is 25.8. The van der Waals surface area contributed by atoms with Gasteiger partial charge in [-0.3, -0.25) is 33.7 Å². The number of nitrogens with zero attached hydrogens (tertiary/aromatic N) is 1. The Labute approximate surface area is 199 Å². The molecule has 5 N–H and O–H groups in total. The third-order valence-electron chi connectivity index (χ3n) is 4.75. The number of hydrogen-bond acceptors (Lipinski definition) is 8. The van der Waals surface area contributed by atoms with Crippen molar-refractivity contribution < 1.29 is 38.7 Å². The summed E-state index contributed by atoms with van der Waals surface area (Å²) in [7, 11) is 0. The number of carbonyl (C=O) groups is 7.